The number of aliphatic hydroxyl groups is 1. The van der Waals surface area contributed by atoms with Crippen LogP contribution < -0.4 is 15.4 Å². The van der Waals surface area contributed by atoms with Crippen LogP contribution in [-0.2, 0) is 11.2 Å². The van der Waals surface area contributed by atoms with Crippen molar-refractivity contribution in [2.75, 3.05) is 30.9 Å². The van der Waals surface area contributed by atoms with Crippen molar-refractivity contribution >= 4 is 23.3 Å². The number of hydrogen-bond donors (Lipinski definition) is 3. The predicted octanol–water partition coefficient (Wildman–Crippen LogP) is 3.17. The van der Waals surface area contributed by atoms with E-state index in [0.29, 0.717) is 18.0 Å². The quantitative estimate of drug-likeness (QED) is 0.698. The molecule has 3 rings (SSSR count). The normalized spacial score (nSPS) is 15.8. The number of methoxy groups -OCH3 is 1. The Kier molecular flexibility index (Phi) is 6.72. The van der Waals surface area contributed by atoms with Gasteiger partial charge in [-0.2, -0.15) is 0 Å². The van der Waals surface area contributed by atoms with Crippen molar-refractivity contribution < 1.29 is 19.4 Å². The lowest BCUT2D eigenvalue weighted by molar-refractivity contribution is -0.131. The van der Waals surface area contributed by atoms with Crippen LogP contribution in [0.25, 0.3) is 0 Å². The summed E-state index contributed by atoms with van der Waals surface area (Å²) in [4.78, 5) is 26.7. The molecule has 0 saturated carbocycles. The number of carbonyl (C=O) groups is 2. The topological polar surface area (TPSA) is 90.9 Å². The van der Waals surface area contributed by atoms with Crippen molar-refractivity contribution in [2.24, 2.45) is 0 Å². The van der Waals surface area contributed by atoms with Crippen LogP contribution >= 0.6 is 0 Å². The number of carbonyl (C=O) groups excluding carboxylic acids is 2. The number of amides is 3. The standard InChI is InChI=1S/C22H27N3O4/c1-15-6-3-4-8-18(15)23-22(28)24-19-10-9-16(12-20(19)29-2)13-21(27)25-11-5-7-17(25)14-26/h3-4,6,8-10,12,17,26H,5,7,11,13-14H2,1-2H3,(H2,23,24,28). The number of aryl methyl sites for hydroxylation is 1. The third-order valence-corrected chi connectivity index (χ3v) is 5.17. The fourth-order valence-electron chi connectivity index (χ4n) is 3.57. The lowest BCUT2D eigenvalue weighted by Crippen LogP contribution is -2.38. The van der Waals surface area contributed by atoms with Gasteiger partial charge in [-0.25, -0.2) is 4.79 Å². The first-order valence-electron chi connectivity index (χ1n) is 9.72. The van der Waals surface area contributed by atoms with Gasteiger partial charge in [-0.1, -0.05) is 24.3 Å². The summed E-state index contributed by atoms with van der Waals surface area (Å²) in [5.74, 6) is 0.469. The zero-order chi connectivity index (χ0) is 20.8. The molecule has 0 spiro atoms. The van der Waals surface area contributed by atoms with Gasteiger partial charge in [0.1, 0.15) is 5.75 Å². The summed E-state index contributed by atoms with van der Waals surface area (Å²) >= 11 is 0. The third-order valence-electron chi connectivity index (χ3n) is 5.17. The number of hydrogen-bond acceptors (Lipinski definition) is 4. The smallest absolute Gasteiger partial charge is 0.323 e. The molecule has 2 aromatic rings. The molecule has 29 heavy (non-hydrogen) atoms. The minimum Gasteiger partial charge on any atom is -0.495 e. The maximum absolute atomic E-state index is 12.6. The maximum Gasteiger partial charge on any atom is 0.323 e. The zero-order valence-electron chi connectivity index (χ0n) is 16.8. The van der Waals surface area contributed by atoms with Crippen LogP contribution in [0.2, 0.25) is 0 Å². The average Bonchev–Trinajstić information content (AvgIpc) is 3.20. The highest BCUT2D eigenvalue weighted by Crippen LogP contribution is 2.27. The molecule has 1 aliphatic rings. The van der Waals surface area contributed by atoms with Crippen molar-refractivity contribution in [2.45, 2.75) is 32.2 Å². The number of benzene rings is 2. The van der Waals surface area contributed by atoms with Crippen LogP contribution in [0.4, 0.5) is 16.2 Å². The molecule has 3 N–H and O–H groups in total. The van der Waals surface area contributed by atoms with Crippen LogP contribution in [0, 0.1) is 6.92 Å². The number of nitrogens with one attached hydrogen (secondary N) is 2. The summed E-state index contributed by atoms with van der Waals surface area (Å²) in [7, 11) is 1.52. The van der Waals surface area contributed by atoms with Gasteiger partial charge in [0.05, 0.1) is 31.9 Å². The molecular weight excluding hydrogens is 370 g/mol. The monoisotopic (exact) mass is 397 g/mol. The summed E-state index contributed by atoms with van der Waals surface area (Å²) < 4.78 is 5.40. The molecule has 1 atom stereocenters. The van der Waals surface area contributed by atoms with Crippen LogP contribution in [-0.4, -0.2) is 48.2 Å². The second-order valence-corrected chi connectivity index (χ2v) is 7.17. The number of rotatable bonds is 6. The van der Waals surface area contributed by atoms with Crippen molar-refractivity contribution in [1.29, 1.82) is 0 Å². The summed E-state index contributed by atoms with van der Waals surface area (Å²) in [5, 5.41) is 15.0. The first-order chi connectivity index (χ1) is 14.0. The van der Waals surface area contributed by atoms with Gasteiger partial charge in [-0.15, -0.1) is 0 Å². The molecule has 0 bridgehead atoms. The molecule has 1 fully saturated rings. The van der Waals surface area contributed by atoms with E-state index in [-0.39, 0.29) is 31.0 Å². The van der Waals surface area contributed by atoms with E-state index in [2.05, 4.69) is 10.6 Å². The van der Waals surface area contributed by atoms with E-state index in [1.165, 1.54) is 7.11 Å². The third kappa shape index (κ3) is 5.06. The van der Waals surface area contributed by atoms with E-state index in [9.17, 15) is 14.7 Å². The fraction of sp³-hybridized carbons (Fsp3) is 0.364. The summed E-state index contributed by atoms with van der Waals surface area (Å²) in [6.07, 6.45) is 1.98. The Bertz CT molecular complexity index is 884. The van der Waals surface area contributed by atoms with Gasteiger partial charge in [0.25, 0.3) is 0 Å². The SMILES string of the molecule is COc1cc(CC(=O)N2CCCC2CO)ccc1NC(=O)Nc1ccccc1C. The van der Waals surface area contributed by atoms with Gasteiger partial charge in [0.2, 0.25) is 5.91 Å². The van der Waals surface area contributed by atoms with Gasteiger partial charge in [0, 0.05) is 12.2 Å². The van der Waals surface area contributed by atoms with E-state index >= 15 is 0 Å². The Morgan fingerprint density at radius 3 is 2.66 bits per heavy atom. The average molecular weight is 397 g/mol. The fourth-order valence-corrected chi connectivity index (χ4v) is 3.57. The number of urea groups is 1. The number of likely N-dealkylation sites (tertiary alicyclic amines) is 1. The Labute approximate surface area is 170 Å². The number of aliphatic hydroxyl groups excluding tert-OH is 1. The minimum atomic E-state index is -0.371. The summed E-state index contributed by atoms with van der Waals surface area (Å²) in [6, 6.07) is 12.3. The van der Waals surface area contributed by atoms with Crippen molar-refractivity contribution in [1.82, 2.24) is 4.90 Å². The Morgan fingerprint density at radius 1 is 1.17 bits per heavy atom. The van der Waals surface area contributed by atoms with E-state index < -0.39 is 0 Å². The molecule has 1 aliphatic heterocycles. The molecular formula is C22H27N3O4. The number of ether oxygens (including phenoxy) is 1. The van der Waals surface area contributed by atoms with Crippen molar-refractivity contribution in [3.63, 3.8) is 0 Å². The molecule has 154 valence electrons. The highest BCUT2D eigenvalue weighted by Gasteiger charge is 2.28. The first kappa shape index (κ1) is 20.7. The maximum atomic E-state index is 12.6. The first-order valence-corrected chi connectivity index (χ1v) is 9.72. The van der Waals surface area contributed by atoms with Crippen LogP contribution in [0.1, 0.15) is 24.0 Å². The number of nitrogens with zero attached hydrogens (tertiary/aromatic N) is 1. The largest absolute Gasteiger partial charge is 0.495 e. The van der Waals surface area contributed by atoms with Gasteiger partial charge in [0.15, 0.2) is 0 Å². The van der Waals surface area contributed by atoms with Gasteiger partial charge < -0.3 is 25.4 Å². The highest BCUT2D eigenvalue weighted by molar-refractivity contribution is 6.01. The summed E-state index contributed by atoms with van der Waals surface area (Å²) in [6.45, 7) is 2.59. The molecule has 1 unspecified atom stereocenters. The predicted molar refractivity (Wildman–Crippen MR) is 112 cm³/mol. The molecule has 1 heterocycles. The molecule has 3 amide bonds. The molecule has 0 aromatic heterocycles. The van der Waals surface area contributed by atoms with Gasteiger partial charge in [-0.05, 0) is 49.1 Å². The molecule has 7 nitrogen and oxygen atoms in total. The number of para-hydroxylation sites is 1. The molecule has 7 heteroatoms. The Hall–Kier alpha value is -3.06. The lowest BCUT2D eigenvalue weighted by Gasteiger charge is -2.23. The second kappa shape index (κ2) is 9.43. The highest BCUT2D eigenvalue weighted by atomic mass is 16.5. The second-order valence-electron chi connectivity index (χ2n) is 7.17. The minimum absolute atomic E-state index is 0.00603. The van der Waals surface area contributed by atoms with E-state index in [1.807, 2.05) is 31.2 Å². The van der Waals surface area contributed by atoms with E-state index in [1.54, 1.807) is 23.1 Å². The zero-order valence-corrected chi connectivity index (χ0v) is 16.8. The van der Waals surface area contributed by atoms with E-state index in [4.69, 9.17) is 4.74 Å². The summed E-state index contributed by atoms with van der Waals surface area (Å²) in [5.41, 5.74) is 3.01. The Morgan fingerprint density at radius 2 is 1.93 bits per heavy atom. The molecule has 0 aliphatic carbocycles. The van der Waals surface area contributed by atoms with Gasteiger partial charge in [-0.3, -0.25) is 4.79 Å². The molecule has 1 saturated heterocycles. The van der Waals surface area contributed by atoms with Crippen molar-refractivity contribution in [3.8, 4) is 5.75 Å². The molecule has 0 radical (unpaired) electrons. The Balaban J connectivity index is 1.66. The lowest BCUT2D eigenvalue weighted by atomic mass is 10.1. The van der Waals surface area contributed by atoms with Crippen LogP contribution in [0.15, 0.2) is 42.5 Å². The van der Waals surface area contributed by atoms with Crippen LogP contribution in [0.3, 0.4) is 0 Å². The van der Waals surface area contributed by atoms with Gasteiger partial charge >= 0.3 is 6.03 Å². The van der Waals surface area contributed by atoms with Crippen molar-refractivity contribution in [3.05, 3.63) is 53.6 Å². The van der Waals surface area contributed by atoms with Crippen LogP contribution in [0.5, 0.6) is 5.75 Å². The van der Waals surface area contributed by atoms with E-state index in [0.717, 1.165) is 29.7 Å². The molecule has 2 aromatic carbocycles. The number of anilines is 2.